The summed E-state index contributed by atoms with van der Waals surface area (Å²) in [6, 6.07) is 3.53. The summed E-state index contributed by atoms with van der Waals surface area (Å²) in [5.41, 5.74) is -0.446. The van der Waals surface area contributed by atoms with Crippen LogP contribution in [0.5, 0.6) is 0 Å². The Kier molecular flexibility index (Phi) is 4.06. The van der Waals surface area contributed by atoms with Gasteiger partial charge < -0.3 is 0 Å². The van der Waals surface area contributed by atoms with Gasteiger partial charge in [-0.15, -0.1) is 0 Å². The highest BCUT2D eigenvalue weighted by Crippen LogP contribution is 2.26. The standard InChI is InChI=1S/C14H7Cl2F3O/c1-6-2-7(9(15)4-11(6)17)14(20)8-3-13(19)10(16)5-12(8)18/h2-5H,1H3. The molecule has 2 aromatic rings. The van der Waals surface area contributed by atoms with Gasteiger partial charge in [-0.1, -0.05) is 23.2 Å². The van der Waals surface area contributed by atoms with Crippen LogP contribution < -0.4 is 0 Å². The monoisotopic (exact) mass is 318 g/mol. The molecule has 1 nitrogen and oxygen atoms in total. The van der Waals surface area contributed by atoms with E-state index in [2.05, 4.69) is 0 Å². The Morgan fingerprint density at radius 3 is 2.10 bits per heavy atom. The molecule has 0 radical (unpaired) electrons. The van der Waals surface area contributed by atoms with Gasteiger partial charge in [0.25, 0.3) is 0 Å². The van der Waals surface area contributed by atoms with E-state index < -0.39 is 33.8 Å². The van der Waals surface area contributed by atoms with Gasteiger partial charge in [0.1, 0.15) is 17.5 Å². The zero-order valence-electron chi connectivity index (χ0n) is 10.1. The molecule has 0 saturated carbocycles. The Balaban J connectivity index is 2.57. The Bertz CT molecular complexity index is 655. The first-order chi connectivity index (χ1) is 9.31. The number of hydrogen-bond acceptors (Lipinski definition) is 1. The largest absolute Gasteiger partial charge is 0.288 e. The summed E-state index contributed by atoms with van der Waals surface area (Å²) in [6.45, 7) is 1.43. The quantitative estimate of drug-likeness (QED) is 0.565. The molecule has 0 heterocycles. The van der Waals surface area contributed by atoms with Crippen LogP contribution in [0.3, 0.4) is 0 Å². The summed E-state index contributed by atoms with van der Waals surface area (Å²) in [5.74, 6) is -3.33. The minimum Gasteiger partial charge on any atom is -0.288 e. The number of halogens is 5. The molecule has 0 bridgehead atoms. The topological polar surface area (TPSA) is 17.1 Å². The fourth-order valence-electron chi connectivity index (χ4n) is 1.67. The van der Waals surface area contributed by atoms with Crippen LogP contribution in [-0.2, 0) is 0 Å². The predicted octanol–water partition coefficient (Wildman–Crippen LogP) is 4.95. The Labute approximate surface area is 122 Å². The molecular weight excluding hydrogens is 312 g/mol. The number of rotatable bonds is 2. The van der Waals surface area contributed by atoms with E-state index in [0.717, 1.165) is 6.07 Å². The van der Waals surface area contributed by atoms with Crippen molar-refractivity contribution in [2.75, 3.05) is 0 Å². The Morgan fingerprint density at radius 2 is 1.45 bits per heavy atom. The third-order valence-corrected chi connectivity index (χ3v) is 3.35. The van der Waals surface area contributed by atoms with Crippen molar-refractivity contribution in [2.24, 2.45) is 0 Å². The third-order valence-electron chi connectivity index (χ3n) is 2.75. The molecule has 20 heavy (non-hydrogen) atoms. The van der Waals surface area contributed by atoms with E-state index in [9.17, 15) is 18.0 Å². The molecule has 0 amide bonds. The maximum atomic E-state index is 13.7. The number of carbonyl (C=O) groups is 1. The molecule has 0 aliphatic heterocycles. The summed E-state index contributed by atoms with van der Waals surface area (Å²) in [4.78, 5) is 12.2. The van der Waals surface area contributed by atoms with Crippen LogP contribution in [0.25, 0.3) is 0 Å². The summed E-state index contributed by atoms with van der Waals surface area (Å²) in [5, 5.41) is -0.603. The lowest BCUT2D eigenvalue weighted by Crippen LogP contribution is -2.07. The molecule has 2 aromatic carbocycles. The minimum absolute atomic E-state index is 0.105. The van der Waals surface area contributed by atoms with Crippen LogP contribution in [0.15, 0.2) is 24.3 Å². The van der Waals surface area contributed by atoms with Crippen LogP contribution in [0.4, 0.5) is 13.2 Å². The average molecular weight is 319 g/mol. The molecule has 0 saturated heterocycles. The van der Waals surface area contributed by atoms with E-state index >= 15 is 0 Å². The smallest absolute Gasteiger partial charge is 0.197 e. The summed E-state index contributed by atoms with van der Waals surface area (Å²) >= 11 is 11.2. The molecule has 104 valence electrons. The first kappa shape index (κ1) is 14.9. The fourth-order valence-corrected chi connectivity index (χ4v) is 2.06. The van der Waals surface area contributed by atoms with Gasteiger partial charge in [-0.3, -0.25) is 4.79 Å². The van der Waals surface area contributed by atoms with Crippen molar-refractivity contribution in [2.45, 2.75) is 6.92 Å². The van der Waals surface area contributed by atoms with Gasteiger partial charge in [-0.2, -0.15) is 0 Å². The fraction of sp³-hybridized carbons (Fsp3) is 0.0714. The van der Waals surface area contributed by atoms with Gasteiger partial charge >= 0.3 is 0 Å². The molecule has 0 atom stereocenters. The zero-order chi connectivity index (χ0) is 15.0. The van der Waals surface area contributed by atoms with Crippen molar-refractivity contribution >= 4 is 29.0 Å². The maximum absolute atomic E-state index is 13.7. The summed E-state index contributed by atoms with van der Waals surface area (Å²) in [6.07, 6.45) is 0. The van der Waals surface area contributed by atoms with Gasteiger partial charge in [-0.25, -0.2) is 13.2 Å². The average Bonchev–Trinajstić information content (AvgIpc) is 2.37. The first-order valence-electron chi connectivity index (χ1n) is 5.46. The van der Waals surface area contributed by atoms with Crippen LogP contribution in [0, 0.1) is 24.4 Å². The van der Waals surface area contributed by atoms with Gasteiger partial charge in [0.05, 0.1) is 15.6 Å². The van der Waals surface area contributed by atoms with Gasteiger partial charge in [0.2, 0.25) is 0 Å². The lowest BCUT2D eigenvalue weighted by Gasteiger charge is -2.08. The molecule has 0 aliphatic rings. The molecule has 2 rings (SSSR count). The minimum atomic E-state index is -0.973. The van der Waals surface area contributed by atoms with Crippen molar-refractivity contribution in [3.63, 3.8) is 0 Å². The maximum Gasteiger partial charge on any atom is 0.197 e. The molecule has 0 aromatic heterocycles. The second-order valence-electron chi connectivity index (χ2n) is 4.16. The van der Waals surface area contributed by atoms with E-state index in [1.165, 1.54) is 13.0 Å². The second kappa shape index (κ2) is 5.46. The van der Waals surface area contributed by atoms with Crippen LogP contribution in [0.2, 0.25) is 10.0 Å². The molecule has 0 unspecified atom stereocenters. The summed E-state index contributed by atoms with van der Waals surface area (Å²) < 4.78 is 40.3. The van der Waals surface area contributed by atoms with E-state index in [0.29, 0.717) is 12.1 Å². The Hall–Kier alpha value is -1.52. The number of ketones is 1. The molecule has 0 fully saturated rings. The van der Waals surface area contributed by atoms with E-state index in [1.54, 1.807) is 0 Å². The Morgan fingerprint density at radius 1 is 0.850 bits per heavy atom. The van der Waals surface area contributed by atoms with Gasteiger partial charge in [0, 0.05) is 5.56 Å². The SMILES string of the molecule is Cc1cc(C(=O)c2cc(F)c(Cl)cc2F)c(Cl)cc1F. The zero-order valence-corrected chi connectivity index (χ0v) is 11.6. The molecule has 0 aliphatic carbocycles. The van der Waals surface area contributed by atoms with Crippen LogP contribution in [0.1, 0.15) is 21.5 Å². The van der Waals surface area contributed by atoms with Crippen molar-refractivity contribution in [1.82, 2.24) is 0 Å². The normalized spacial score (nSPS) is 10.7. The van der Waals surface area contributed by atoms with E-state index in [1.807, 2.05) is 0 Å². The highest BCUT2D eigenvalue weighted by molar-refractivity contribution is 6.35. The van der Waals surface area contributed by atoms with Crippen molar-refractivity contribution < 1.29 is 18.0 Å². The third kappa shape index (κ3) is 2.67. The summed E-state index contributed by atoms with van der Waals surface area (Å²) in [7, 11) is 0. The van der Waals surface area contributed by atoms with Gasteiger partial charge in [-0.05, 0) is 36.8 Å². The molecule has 0 N–H and O–H groups in total. The van der Waals surface area contributed by atoms with Crippen molar-refractivity contribution in [3.05, 3.63) is 68.5 Å². The number of carbonyl (C=O) groups excluding carboxylic acids is 1. The highest BCUT2D eigenvalue weighted by Gasteiger charge is 2.20. The van der Waals surface area contributed by atoms with Crippen molar-refractivity contribution in [3.8, 4) is 0 Å². The number of hydrogen-bond donors (Lipinski definition) is 0. The highest BCUT2D eigenvalue weighted by atomic mass is 35.5. The molecular formula is C14H7Cl2F3O. The second-order valence-corrected chi connectivity index (χ2v) is 4.97. The number of benzene rings is 2. The first-order valence-corrected chi connectivity index (χ1v) is 6.21. The molecule has 6 heteroatoms. The predicted molar refractivity (Wildman–Crippen MR) is 70.9 cm³/mol. The number of aryl methyl sites for hydroxylation is 1. The van der Waals surface area contributed by atoms with E-state index in [-0.39, 0.29) is 16.1 Å². The molecule has 0 spiro atoms. The van der Waals surface area contributed by atoms with E-state index in [4.69, 9.17) is 23.2 Å². The van der Waals surface area contributed by atoms with Crippen LogP contribution >= 0.6 is 23.2 Å². The lowest BCUT2D eigenvalue weighted by molar-refractivity contribution is 0.103. The lowest BCUT2D eigenvalue weighted by atomic mass is 10.0. The van der Waals surface area contributed by atoms with Gasteiger partial charge in [0.15, 0.2) is 5.78 Å². The van der Waals surface area contributed by atoms with Crippen molar-refractivity contribution in [1.29, 1.82) is 0 Å². The van der Waals surface area contributed by atoms with Crippen LogP contribution in [-0.4, -0.2) is 5.78 Å².